The van der Waals surface area contributed by atoms with Gasteiger partial charge in [-0.25, -0.2) is 0 Å². The molecule has 1 aromatic carbocycles. The Morgan fingerprint density at radius 3 is 2.50 bits per heavy atom. The molecule has 0 radical (unpaired) electrons. The summed E-state index contributed by atoms with van der Waals surface area (Å²) in [6.45, 7) is 0. The van der Waals surface area contributed by atoms with Crippen molar-refractivity contribution in [1.29, 1.82) is 0 Å². The predicted molar refractivity (Wildman–Crippen MR) is 64.3 cm³/mol. The van der Waals surface area contributed by atoms with Gasteiger partial charge in [-0.2, -0.15) is 0 Å². The van der Waals surface area contributed by atoms with E-state index < -0.39 is 0 Å². The lowest BCUT2D eigenvalue weighted by molar-refractivity contribution is 0.349. The molecule has 88 valence electrons. The van der Waals surface area contributed by atoms with Crippen LogP contribution < -0.4 is 14.8 Å². The summed E-state index contributed by atoms with van der Waals surface area (Å²) in [5.41, 5.74) is 1.51. The van der Waals surface area contributed by atoms with Crippen molar-refractivity contribution in [2.45, 2.75) is 24.8 Å². The summed E-state index contributed by atoms with van der Waals surface area (Å²) in [5, 5.41) is 3.39. The Hall–Kier alpha value is -1.22. The van der Waals surface area contributed by atoms with Gasteiger partial charge in [0.15, 0.2) is 11.5 Å². The first-order valence-electron chi connectivity index (χ1n) is 5.63. The highest BCUT2D eigenvalue weighted by Gasteiger charge is 2.41. The summed E-state index contributed by atoms with van der Waals surface area (Å²) in [5.74, 6) is 1.68. The molecule has 2 rings (SSSR count). The van der Waals surface area contributed by atoms with Crippen LogP contribution in [0.25, 0.3) is 0 Å². The van der Waals surface area contributed by atoms with Gasteiger partial charge in [0.25, 0.3) is 0 Å². The number of nitrogens with one attached hydrogen (secondary N) is 1. The van der Waals surface area contributed by atoms with Crippen molar-refractivity contribution in [1.82, 2.24) is 5.32 Å². The van der Waals surface area contributed by atoms with Crippen molar-refractivity contribution in [2.75, 3.05) is 21.3 Å². The number of hydrogen-bond donors (Lipinski definition) is 1. The first kappa shape index (κ1) is 11.3. The lowest BCUT2D eigenvalue weighted by Gasteiger charge is -2.17. The quantitative estimate of drug-likeness (QED) is 0.825. The molecule has 1 aliphatic rings. The second-order valence-electron chi connectivity index (χ2n) is 4.36. The molecular formula is C13H19NO2. The lowest BCUT2D eigenvalue weighted by Crippen LogP contribution is -2.29. The Bertz CT molecular complexity index is 372. The zero-order valence-corrected chi connectivity index (χ0v) is 10.2. The van der Waals surface area contributed by atoms with Gasteiger partial charge in [0, 0.05) is 5.54 Å². The largest absolute Gasteiger partial charge is 0.493 e. The van der Waals surface area contributed by atoms with Gasteiger partial charge in [-0.05, 0) is 37.9 Å². The van der Waals surface area contributed by atoms with Gasteiger partial charge < -0.3 is 14.8 Å². The van der Waals surface area contributed by atoms with E-state index in [4.69, 9.17) is 9.47 Å². The summed E-state index contributed by atoms with van der Waals surface area (Å²) in [6.07, 6.45) is 3.48. The fourth-order valence-electron chi connectivity index (χ4n) is 2.12. The molecule has 0 aromatic heterocycles. The maximum absolute atomic E-state index is 5.43. The molecule has 0 amide bonds. The Labute approximate surface area is 96.8 Å². The van der Waals surface area contributed by atoms with Crippen LogP contribution >= 0.6 is 0 Å². The van der Waals surface area contributed by atoms with Crippen LogP contribution in [0, 0.1) is 0 Å². The van der Waals surface area contributed by atoms with Crippen LogP contribution in [0.15, 0.2) is 18.2 Å². The molecule has 0 aliphatic heterocycles. The van der Waals surface area contributed by atoms with E-state index in [-0.39, 0.29) is 0 Å². The van der Waals surface area contributed by atoms with E-state index in [0.29, 0.717) is 5.54 Å². The van der Waals surface area contributed by atoms with Crippen LogP contribution in [0.1, 0.15) is 18.4 Å². The second kappa shape index (κ2) is 4.34. The van der Waals surface area contributed by atoms with Crippen LogP contribution in [0.5, 0.6) is 11.5 Å². The third-order valence-corrected chi connectivity index (χ3v) is 3.40. The van der Waals surface area contributed by atoms with Gasteiger partial charge in [-0.1, -0.05) is 12.1 Å². The standard InChI is InChI=1S/C13H19NO2/c1-14-13(7-8-13)9-10-5-4-6-11(15-2)12(10)16-3/h4-6,14H,7-9H2,1-3H3. The Morgan fingerprint density at radius 1 is 1.25 bits per heavy atom. The first-order valence-corrected chi connectivity index (χ1v) is 5.63. The molecule has 1 aliphatic carbocycles. The second-order valence-corrected chi connectivity index (χ2v) is 4.36. The van der Waals surface area contributed by atoms with Gasteiger partial charge in [0.05, 0.1) is 14.2 Å². The van der Waals surface area contributed by atoms with E-state index >= 15 is 0 Å². The number of ether oxygens (including phenoxy) is 2. The van der Waals surface area contributed by atoms with E-state index in [2.05, 4.69) is 11.4 Å². The Morgan fingerprint density at radius 2 is 2.00 bits per heavy atom. The average Bonchev–Trinajstić information content (AvgIpc) is 3.09. The molecule has 0 atom stereocenters. The van der Waals surface area contributed by atoms with Gasteiger partial charge in [-0.3, -0.25) is 0 Å². The van der Waals surface area contributed by atoms with E-state index in [9.17, 15) is 0 Å². The summed E-state index contributed by atoms with van der Waals surface area (Å²) in [6, 6.07) is 6.06. The highest BCUT2D eigenvalue weighted by atomic mass is 16.5. The normalized spacial score (nSPS) is 16.9. The molecule has 0 bridgehead atoms. The summed E-state index contributed by atoms with van der Waals surface area (Å²) >= 11 is 0. The number of likely N-dealkylation sites (N-methyl/N-ethyl adjacent to an activating group) is 1. The third kappa shape index (κ3) is 2.00. The molecule has 1 N–H and O–H groups in total. The minimum absolute atomic E-state index is 0.291. The monoisotopic (exact) mass is 221 g/mol. The van der Waals surface area contributed by atoms with Crippen molar-refractivity contribution in [2.24, 2.45) is 0 Å². The molecule has 1 fully saturated rings. The van der Waals surface area contributed by atoms with E-state index in [1.165, 1.54) is 18.4 Å². The number of rotatable bonds is 5. The molecule has 1 aromatic rings. The summed E-state index contributed by atoms with van der Waals surface area (Å²) in [4.78, 5) is 0. The van der Waals surface area contributed by atoms with Crippen LogP contribution in [0.4, 0.5) is 0 Å². The Balaban J connectivity index is 2.26. The van der Waals surface area contributed by atoms with Gasteiger partial charge in [-0.15, -0.1) is 0 Å². The van der Waals surface area contributed by atoms with Gasteiger partial charge in [0.1, 0.15) is 0 Å². The molecule has 0 unspecified atom stereocenters. The zero-order chi connectivity index (χ0) is 11.6. The van der Waals surface area contributed by atoms with Crippen LogP contribution in [0.2, 0.25) is 0 Å². The minimum Gasteiger partial charge on any atom is -0.493 e. The fourth-order valence-corrected chi connectivity index (χ4v) is 2.12. The predicted octanol–water partition coefficient (Wildman–Crippen LogP) is 2.00. The lowest BCUT2D eigenvalue weighted by atomic mass is 10.0. The number of benzene rings is 1. The molecule has 1 saturated carbocycles. The number of methoxy groups -OCH3 is 2. The van der Waals surface area contributed by atoms with E-state index in [1.807, 2.05) is 19.2 Å². The Kier molecular flexibility index (Phi) is 3.06. The van der Waals surface area contributed by atoms with Crippen molar-refractivity contribution in [3.8, 4) is 11.5 Å². The average molecular weight is 221 g/mol. The zero-order valence-electron chi connectivity index (χ0n) is 10.2. The fraction of sp³-hybridized carbons (Fsp3) is 0.538. The third-order valence-electron chi connectivity index (χ3n) is 3.40. The highest BCUT2D eigenvalue weighted by molar-refractivity contribution is 5.47. The number of para-hydroxylation sites is 1. The maximum atomic E-state index is 5.43. The van der Waals surface area contributed by atoms with Crippen LogP contribution in [-0.4, -0.2) is 26.8 Å². The smallest absolute Gasteiger partial charge is 0.163 e. The molecule has 3 nitrogen and oxygen atoms in total. The summed E-state index contributed by atoms with van der Waals surface area (Å²) < 4.78 is 10.7. The minimum atomic E-state index is 0.291. The molecule has 0 heterocycles. The van der Waals surface area contributed by atoms with Crippen molar-refractivity contribution >= 4 is 0 Å². The van der Waals surface area contributed by atoms with Crippen molar-refractivity contribution in [3.63, 3.8) is 0 Å². The first-order chi connectivity index (χ1) is 7.74. The highest BCUT2D eigenvalue weighted by Crippen LogP contribution is 2.41. The molecule has 0 spiro atoms. The van der Waals surface area contributed by atoms with E-state index in [0.717, 1.165) is 17.9 Å². The molecule has 16 heavy (non-hydrogen) atoms. The SMILES string of the molecule is CNC1(Cc2cccc(OC)c2OC)CC1. The van der Waals surface area contributed by atoms with Gasteiger partial charge in [0.2, 0.25) is 0 Å². The topological polar surface area (TPSA) is 30.5 Å². The maximum Gasteiger partial charge on any atom is 0.163 e. The molecule has 3 heteroatoms. The van der Waals surface area contributed by atoms with Gasteiger partial charge >= 0.3 is 0 Å². The number of hydrogen-bond acceptors (Lipinski definition) is 3. The molecular weight excluding hydrogens is 202 g/mol. The molecule has 0 saturated heterocycles. The van der Waals surface area contributed by atoms with E-state index in [1.54, 1.807) is 14.2 Å². The summed E-state index contributed by atoms with van der Waals surface area (Å²) in [7, 11) is 5.40. The van der Waals surface area contributed by atoms with Crippen LogP contribution in [0.3, 0.4) is 0 Å². The van der Waals surface area contributed by atoms with Crippen LogP contribution in [-0.2, 0) is 6.42 Å². The van der Waals surface area contributed by atoms with Crippen molar-refractivity contribution < 1.29 is 9.47 Å². The van der Waals surface area contributed by atoms with Crippen molar-refractivity contribution in [3.05, 3.63) is 23.8 Å².